The van der Waals surface area contributed by atoms with Crippen LogP contribution in [0.25, 0.3) is 0 Å². The SMILES string of the molecule is CCNc1cc(NCc2ccc(Cl)s2)nc(C)n1. The van der Waals surface area contributed by atoms with Crippen LogP contribution in [0, 0.1) is 6.92 Å². The quantitative estimate of drug-likeness (QED) is 0.881. The molecule has 0 radical (unpaired) electrons. The number of halogens is 1. The molecule has 18 heavy (non-hydrogen) atoms. The standard InChI is InChI=1S/C12H15ClN4S/c1-3-14-11-6-12(17-8(2)16-11)15-7-9-4-5-10(13)18-9/h4-6H,3,7H2,1-2H3,(H2,14,15,16,17). The smallest absolute Gasteiger partial charge is 0.132 e. The Bertz CT molecular complexity index is 527. The number of nitrogens with zero attached hydrogens (tertiary/aromatic N) is 2. The Balaban J connectivity index is 2.04. The predicted molar refractivity (Wildman–Crippen MR) is 77.6 cm³/mol. The molecule has 2 heterocycles. The molecule has 4 nitrogen and oxygen atoms in total. The molecule has 2 rings (SSSR count). The van der Waals surface area contributed by atoms with E-state index in [1.165, 1.54) is 4.88 Å². The summed E-state index contributed by atoms with van der Waals surface area (Å²) in [5.74, 6) is 2.42. The van der Waals surface area contributed by atoms with Crippen LogP contribution < -0.4 is 10.6 Å². The zero-order valence-corrected chi connectivity index (χ0v) is 11.9. The molecule has 0 aliphatic rings. The molecule has 0 saturated carbocycles. The molecule has 2 aromatic heterocycles. The third-order valence-corrected chi connectivity index (χ3v) is 3.50. The van der Waals surface area contributed by atoms with Gasteiger partial charge in [-0.3, -0.25) is 0 Å². The monoisotopic (exact) mass is 282 g/mol. The number of hydrogen-bond acceptors (Lipinski definition) is 5. The molecule has 2 aromatic rings. The highest BCUT2D eigenvalue weighted by molar-refractivity contribution is 7.16. The molecular formula is C12H15ClN4S. The maximum atomic E-state index is 5.89. The predicted octanol–water partition coefficient (Wildman–Crippen LogP) is 3.54. The van der Waals surface area contributed by atoms with Gasteiger partial charge in [0.1, 0.15) is 17.5 Å². The summed E-state index contributed by atoms with van der Waals surface area (Å²) in [6, 6.07) is 5.82. The number of hydrogen-bond donors (Lipinski definition) is 2. The summed E-state index contributed by atoms with van der Waals surface area (Å²) in [5.41, 5.74) is 0. The first-order valence-corrected chi connectivity index (χ1v) is 6.94. The largest absolute Gasteiger partial charge is 0.370 e. The van der Waals surface area contributed by atoms with E-state index in [1.807, 2.05) is 32.0 Å². The highest BCUT2D eigenvalue weighted by Crippen LogP contribution is 2.22. The van der Waals surface area contributed by atoms with Crippen LogP contribution in [0.15, 0.2) is 18.2 Å². The van der Waals surface area contributed by atoms with Crippen molar-refractivity contribution in [2.75, 3.05) is 17.2 Å². The third-order valence-electron chi connectivity index (χ3n) is 2.27. The van der Waals surface area contributed by atoms with Gasteiger partial charge in [0.2, 0.25) is 0 Å². The Hall–Kier alpha value is -1.33. The molecule has 0 bridgehead atoms. The van der Waals surface area contributed by atoms with E-state index in [0.29, 0.717) is 0 Å². The second-order valence-electron chi connectivity index (χ2n) is 3.78. The zero-order chi connectivity index (χ0) is 13.0. The molecule has 0 aliphatic carbocycles. The van der Waals surface area contributed by atoms with Crippen molar-refractivity contribution in [2.45, 2.75) is 20.4 Å². The summed E-state index contributed by atoms with van der Waals surface area (Å²) in [7, 11) is 0. The molecule has 6 heteroatoms. The lowest BCUT2D eigenvalue weighted by Gasteiger charge is -2.08. The minimum atomic E-state index is 0.722. The van der Waals surface area contributed by atoms with Gasteiger partial charge in [-0.25, -0.2) is 9.97 Å². The molecule has 0 unspecified atom stereocenters. The minimum Gasteiger partial charge on any atom is -0.370 e. The van der Waals surface area contributed by atoms with Crippen LogP contribution in [0.5, 0.6) is 0 Å². The first kappa shape index (κ1) is 13.1. The van der Waals surface area contributed by atoms with E-state index in [9.17, 15) is 0 Å². The number of aryl methyl sites for hydroxylation is 1. The second-order valence-corrected chi connectivity index (χ2v) is 5.57. The Morgan fingerprint density at radius 3 is 2.56 bits per heavy atom. The van der Waals surface area contributed by atoms with Gasteiger partial charge in [-0.1, -0.05) is 11.6 Å². The number of anilines is 2. The first-order valence-electron chi connectivity index (χ1n) is 5.75. The van der Waals surface area contributed by atoms with Crippen molar-refractivity contribution in [1.29, 1.82) is 0 Å². The van der Waals surface area contributed by atoms with Gasteiger partial charge in [0.25, 0.3) is 0 Å². The van der Waals surface area contributed by atoms with Crippen LogP contribution in [-0.2, 0) is 6.54 Å². The van der Waals surface area contributed by atoms with Crippen LogP contribution in [0.3, 0.4) is 0 Å². The number of aromatic nitrogens is 2. The summed E-state index contributed by atoms with van der Waals surface area (Å²) in [4.78, 5) is 9.83. The fraction of sp³-hybridized carbons (Fsp3) is 0.333. The fourth-order valence-corrected chi connectivity index (χ4v) is 2.58. The summed E-state index contributed by atoms with van der Waals surface area (Å²) in [6.07, 6.45) is 0. The first-order chi connectivity index (χ1) is 8.67. The maximum Gasteiger partial charge on any atom is 0.132 e. The topological polar surface area (TPSA) is 49.8 Å². The molecule has 0 aliphatic heterocycles. The highest BCUT2D eigenvalue weighted by Gasteiger charge is 2.02. The second kappa shape index (κ2) is 6.02. The molecule has 0 saturated heterocycles. The van der Waals surface area contributed by atoms with Crippen LogP contribution in [0.2, 0.25) is 4.34 Å². The number of nitrogens with one attached hydrogen (secondary N) is 2. The Kier molecular flexibility index (Phi) is 4.38. The Morgan fingerprint density at radius 2 is 1.94 bits per heavy atom. The van der Waals surface area contributed by atoms with E-state index < -0.39 is 0 Å². The molecule has 0 amide bonds. The molecule has 96 valence electrons. The van der Waals surface area contributed by atoms with Crippen LogP contribution in [0.1, 0.15) is 17.6 Å². The van der Waals surface area contributed by atoms with Crippen LogP contribution in [-0.4, -0.2) is 16.5 Å². The molecule has 0 fully saturated rings. The average Bonchev–Trinajstić information content (AvgIpc) is 2.72. The Labute approximate surface area is 115 Å². The van der Waals surface area contributed by atoms with Crippen molar-refractivity contribution < 1.29 is 0 Å². The zero-order valence-electron chi connectivity index (χ0n) is 10.3. The van der Waals surface area contributed by atoms with E-state index >= 15 is 0 Å². The Morgan fingerprint density at radius 1 is 1.22 bits per heavy atom. The van der Waals surface area contributed by atoms with E-state index in [-0.39, 0.29) is 0 Å². The van der Waals surface area contributed by atoms with Crippen molar-refractivity contribution in [3.8, 4) is 0 Å². The summed E-state index contributed by atoms with van der Waals surface area (Å²) in [6.45, 7) is 5.49. The highest BCUT2D eigenvalue weighted by atomic mass is 35.5. The van der Waals surface area contributed by atoms with Gasteiger partial charge in [0.15, 0.2) is 0 Å². The van der Waals surface area contributed by atoms with Crippen LogP contribution in [0.4, 0.5) is 11.6 Å². The van der Waals surface area contributed by atoms with Gasteiger partial charge in [0.05, 0.1) is 10.9 Å². The van der Waals surface area contributed by atoms with Gasteiger partial charge in [0, 0.05) is 17.5 Å². The third kappa shape index (κ3) is 3.58. The van der Waals surface area contributed by atoms with E-state index in [1.54, 1.807) is 11.3 Å². The summed E-state index contributed by atoms with van der Waals surface area (Å²) in [5, 5.41) is 6.46. The summed E-state index contributed by atoms with van der Waals surface area (Å²) < 4.78 is 0.805. The van der Waals surface area contributed by atoms with E-state index in [2.05, 4.69) is 20.6 Å². The van der Waals surface area contributed by atoms with Gasteiger partial charge in [-0.15, -0.1) is 11.3 Å². The molecule has 0 atom stereocenters. The molecule has 0 aromatic carbocycles. The maximum absolute atomic E-state index is 5.89. The van der Waals surface area contributed by atoms with E-state index in [0.717, 1.165) is 34.9 Å². The van der Waals surface area contributed by atoms with E-state index in [4.69, 9.17) is 11.6 Å². The van der Waals surface area contributed by atoms with Crippen molar-refractivity contribution in [3.05, 3.63) is 33.2 Å². The average molecular weight is 283 g/mol. The van der Waals surface area contributed by atoms with Crippen molar-refractivity contribution in [3.63, 3.8) is 0 Å². The lowest BCUT2D eigenvalue weighted by atomic mass is 10.4. The molecule has 0 spiro atoms. The van der Waals surface area contributed by atoms with Crippen LogP contribution >= 0.6 is 22.9 Å². The molecular weight excluding hydrogens is 268 g/mol. The molecule has 2 N–H and O–H groups in total. The van der Waals surface area contributed by atoms with Gasteiger partial charge < -0.3 is 10.6 Å². The van der Waals surface area contributed by atoms with Crippen molar-refractivity contribution >= 4 is 34.6 Å². The van der Waals surface area contributed by atoms with Gasteiger partial charge in [-0.2, -0.15) is 0 Å². The number of thiophene rings is 1. The normalized spacial score (nSPS) is 10.4. The fourth-order valence-electron chi connectivity index (χ4n) is 1.55. The number of rotatable bonds is 5. The van der Waals surface area contributed by atoms with Crippen molar-refractivity contribution in [2.24, 2.45) is 0 Å². The lowest BCUT2D eigenvalue weighted by Crippen LogP contribution is -2.06. The van der Waals surface area contributed by atoms with Crippen molar-refractivity contribution in [1.82, 2.24) is 9.97 Å². The van der Waals surface area contributed by atoms with Gasteiger partial charge in [-0.05, 0) is 26.0 Å². The lowest BCUT2D eigenvalue weighted by molar-refractivity contribution is 1.02. The minimum absolute atomic E-state index is 0.722. The summed E-state index contributed by atoms with van der Waals surface area (Å²) >= 11 is 7.46. The van der Waals surface area contributed by atoms with Gasteiger partial charge >= 0.3 is 0 Å².